The lowest BCUT2D eigenvalue weighted by molar-refractivity contribution is -0.118. The summed E-state index contributed by atoms with van der Waals surface area (Å²) < 4.78 is 0. The summed E-state index contributed by atoms with van der Waals surface area (Å²) in [5, 5.41) is 3.64. The molecule has 0 saturated carbocycles. The largest absolute Gasteiger partial charge is 0.324 e. The van der Waals surface area contributed by atoms with Gasteiger partial charge >= 0.3 is 0 Å². The average molecular weight is 301 g/mol. The van der Waals surface area contributed by atoms with E-state index in [1.807, 2.05) is 0 Å². The zero-order valence-corrected chi connectivity index (χ0v) is 11.4. The fourth-order valence-electron chi connectivity index (χ4n) is 0.944. The second-order valence-electron chi connectivity index (χ2n) is 3.29. The van der Waals surface area contributed by atoms with Gasteiger partial charge in [-0.2, -0.15) is 0 Å². The molecule has 0 aromatic heterocycles. The summed E-state index contributed by atoms with van der Waals surface area (Å²) in [5.41, 5.74) is 0.429. The second kappa shape index (κ2) is 5.97. The van der Waals surface area contributed by atoms with Gasteiger partial charge in [-0.25, -0.2) is 0 Å². The summed E-state index contributed by atoms with van der Waals surface area (Å²) >= 11 is 23.0. The molecule has 0 radical (unpaired) electrons. The van der Waals surface area contributed by atoms with Crippen molar-refractivity contribution in [1.82, 2.24) is 0 Å². The molecule has 0 saturated heterocycles. The molecule has 1 unspecified atom stereocenters. The van der Waals surface area contributed by atoms with E-state index in [4.69, 9.17) is 46.4 Å². The zero-order valence-electron chi connectivity index (χ0n) is 8.36. The minimum atomic E-state index is -0.299. The van der Waals surface area contributed by atoms with Crippen LogP contribution < -0.4 is 5.32 Å². The smallest absolute Gasteiger partial charge is 0.228 e. The van der Waals surface area contributed by atoms with Gasteiger partial charge in [-0.1, -0.05) is 41.7 Å². The van der Waals surface area contributed by atoms with Crippen LogP contribution in [0.15, 0.2) is 12.1 Å². The Morgan fingerprint density at radius 1 is 1.25 bits per heavy atom. The molecule has 0 aliphatic rings. The number of carbonyl (C=O) groups excluding carboxylic acids is 1. The van der Waals surface area contributed by atoms with E-state index in [1.165, 1.54) is 12.1 Å². The van der Waals surface area contributed by atoms with Crippen LogP contribution in [0.3, 0.4) is 0 Å². The van der Waals surface area contributed by atoms with Crippen molar-refractivity contribution in [2.75, 3.05) is 11.2 Å². The molecule has 0 aliphatic carbocycles. The van der Waals surface area contributed by atoms with Crippen molar-refractivity contribution in [3.63, 3.8) is 0 Å². The van der Waals surface area contributed by atoms with E-state index in [2.05, 4.69) is 5.32 Å². The molecule has 0 heterocycles. The van der Waals surface area contributed by atoms with Gasteiger partial charge in [-0.15, -0.1) is 11.6 Å². The van der Waals surface area contributed by atoms with Crippen molar-refractivity contribution >= 4 is 58.0 Å². The number of halogens is 4. The van der Waals surface area contributed by atoms with Crippen molar-refractivity contribution in [1.29, 1.82) is 0 Å². The van der Waals surface area contributed by atoms with Gasteiger partial charge < -0.3 is 5.32 Å². The summed E-state index contributed by atoms with van der Waals surface area (Å²) in [5.74, 6) is -0.271. The minimum Gasteiger partial charge on any atom is -0.324 e. The Balaban J connectivity index is 2.90. The van der Waals surface area contributed by atoms with Crippen LogP contribution in [0.1, 0.15) is 6.92 Å². The number of carbonyl (C=O) groups is 1. The predicted octanol–water partition coefficient (Wildman–Crippen LogP) is 4.46. The third-order valence-corrected chi connectivity index (χ3v) is 3.44. The molecule has 0 fully saturated rings. The number of benzene rings is 1. The summed E-state index contributed by atoms with van der Waals surface area (Å²) in [6, 6.07) is 2.98. The SMILES string of the molecule is CC(CCl)C(=O)Nc1cc(Cl)c(Cl)cc1Cl. The monoisotopic (exact) mass is 299 g/mol. The van der Waals surface area contributed by atoms with Gasteiger partial charge in [0.25, 0.3) is 0 Å². The molecular weight excluding hydrogens is 292 g/mol. The molecule has 2 nitrogen and oxygen atoms in total. The first-order chi connectivity index (χ1) is 7.45. The highest BCUT2D eigenvalue weighted by Crippen LogP contribution is 2.32. The Morgan fingerprint density at radius 2 is 1.81 bits per heavy atom. The average Bonchev–Trinajstić information content (AvgIpc) is 2.24. The Bertz CT molecular complexity index is 408. The van der Waals surface area contributed by atoms with E-state index < -0.39 is 0 Å². The molecule has 1 rings (SSSR count). The molecule has 88 valence electrons. The molecule has 0 spiro atoms. The highest BCUT2D eigenvalue weighted by Gasteiger charge is 2.14. The molecular formula is C10H9Cl4NO. The van der Waals surface area contributed by atoms with Crippen LogP contribution in [0, 0.1) is 5.92 Å². The number of anilines is 1. The van der Waals surface area contributed by atoms with Crippen molar-refractivity contribution < 1.29 is 4.79 Å². The summed E-state index contributed by atoms with van der Waals surface area (Å²) in [6.07, 6.45) is 0. The van der Waals surface area contributed by atoms with Gasteiger partial charge in [0.15, 0.2) is 0 Å². The number of amides is 1. The summed E-state index contributed by atoms with van der Waals surface area (Å²) in [4.78, 5) is 11.6. The Kier molecular flexibility index (Phi) is 5.19. The maximum atomic E-state index is 11.6. The standard InChI is InChI=1S/C10H9Cl4NO/c1-5(4-11)10(16)15-9-3-7(13)6(12)2-8(9)14/h2-3,5H,4H2,1H3,(H,15,16). The fourth-order valence-corrected chi connectivity index (χ4v) is 1.68. The quantitative estimate of drug-likeness (QED) is 0.648. The van der Waals surface area contributed by atoms with Crippen LogP contribution in [0.4, 0.5) is 5.69 Å². The van der Waals surface area contributed by atoms with Crippen LogP contribution in [0.25, 0.3) is 0 Å². The van der Waals surface area contributed by atoms with E-state index >= 15 is 0 Å². The lowest BCUT2D eigenvalue weighted by Crippen LogP contribution is -2.21. The maximum absolute atomic E-state index is 11.6. The third kappa shape index (κ3) is 3.42. The van der Waals surface area contributed by atoms with Crippen molar-refractivity contribution in [3.8, 4) is 0 Å². The first kappa shape index (κ1) is 13.9. The van der Waals surface area contributed by atoms with Crippen LogP contribution in [-0.4, -0.2) is 11.8 Å². The van der Waals surface area contributed by atoms with E-state index in [1.54, 1.807) is 6.92 Å². The summed E-state index contributed by atoms with van der Waals surface area (Å²) in [7, 11) is 0. The topological polar surface area (TPSA) is 29.1 Å². The molecule has 1 atom stereocenters. The Labute approximate surface area is 114 Å². The van der Waals surface area contributed by atoms with Crippen molar-refractivity contribution in [2.24, 2.45) is 5.92 Å². The molecule has 0 aliphatic heterocycles. The van der Waals surface area contributed by atoms with E-state index in [9.17, 15) is 4.79 Å². The van der Waals surface area contributed by atoms with Crippen LogP contribution >= 0.6 is 46.4 Å². The van der Waals surface area contributed by atoms with Crippen LogP contribution in [0.2, 0.25) is 15.1 Å². The van der Waals surface area contributed by atoms with Gasteiger partial charge in [0.05, 0.1) is 20.8 Å². The van der Waals surface area contributed by atoms with Gasteiger partial charge in [0, 0.05) is 11.8 Å². The van der Waals surface area contributed by atoms with Gasteiger partial charge in [-0.05, 0) is 12.1 Å². The Morgan fingerprint density at radius 3 is 2.38 bits per heavy atom. The van der Waals surface area contributed by atoms with E-state index in [0.29, 0.717) is 20.8 Å². The van der Waals surface area contributed by atoms with Crippen molar-refractivity contribution in [2.45, 2.75) is 6.92 Å². The number of hydrogen-bond donors (Lipinski definition) is 1. The number of hydrogen-bond acceptors (Lipinski definition) is 1. The second-order valence-corrected chi connectivity index (χ2v) is 4.82. The molecule has 0 bridgehead atoms. The molecule has 16 heavy (non-hydrogen) atoms. The predicted molar refractivity (Wildman–Crippen MR) is 70.0 cm³/mol. The lowest BCUT2D eigenvalue weighted by atomic mass is 10.2. The normalized spacial score (nSPS) is 12.3. The number of alkyl halides is 1. The molecule has 1 N–H and O–H groups in total. The van der Waals surface area contributed by atoms with Crippen LogP contribution in [-0.2, 0) is 4.79 Å². The highest BCUT2D eigenvalue weighted by atomic mass is 35.5. The van der Waals surface area contributed by atoms with Crippen molar-refractivity contribution in [3.05, 3.63) is 27.2 Å². The van der Waals surface area contributed by atoms with E-state index in [-0.39, 0.29) is 17.7 Å². The molecule has 1 aromatic rings. The Hall–Kier alpha value is -0.150. The maximum Gasteiger partial charge on any atom is 0.228 e. The van der Waals surface area contributed by atoms with Gasteiger partial charge in [-0.3, -0.25) is 4.79 Å². The van der Waals surface area contributed by atoms with Crippen LogP contribution in [0.5, 0.6) is 0 Å². The summed E-state index contributed by atoms with van der Waals surface area (Å²) in [6.45, 7) is 1.72. The highest BCUT2D eigenvalue weighted by molar-refractivity contribution is 6.44. The molecule has 1 amide bonds. The van der Waals surface area contributed by atoms with Gasteiger partial charge in [0.1, 0.15) is 0 Å². The first-order valence-corrected chi connectivity index (χ1v) is 6.14. The fraction of sp³-hybridized carbons (Fsp3) is 0.300. The third-order valence-electron chi connectivity index (χ3n) is 1.95. The number of rotatable bonds is 3. The molecule has 1 aromatic carbocycles. The van der Waals surface area contributed by atoms with Gasteiger partial charge in [0.2, 0.25) is 5.91 Å². The first-order valence-electron chi connectivity index (χ1n) is 4.47. The number of nitrogens with one attached hydrogen (secondary N) is 1. The van der Waals surface area contributed by atoms with E-state index in [0.717, 1.165) is 0 Å². The lowest BCUT2D eigenvalue weighted by Gasteiger charge is -2.11. The molecule has 6 heteroatoms. The zero-order chi connectivity index (χ0) is 12.3. The minimum absolute atomic E-state index is 0.213.